The summed E-state index contributed by atoms with van der Waals surface area (Å²) in [5, 5.41) is 9.94. The van der Waals surface area contributed by atoms with E-state index in [-0.39, 0.29) is 5.60 Å². The van der Waals surface area contributed by atoms with Crippen molar-refractivity contribution in [3.63, 3.8) is 0 Å². The zero-order valence-corrected chi connectivity index (χ0v) is 8.57. The summed E-state index contributed by atoms with van der Waals surface area (Å²) in [4.78, 5) is 0. The van der Waals surface area contributed by atoms with Crippen molar-refractivity contribution in [3.05, 3.63) is 0 Å². The largest absolute Gasteiger partial charge is 0.390 e. The standard InChI is InChI=1S/C10H18OS/c1-8-6-10(8,11)7-9-2-4-12-5-3-9/h8-9,11H,2-7H2,1H3. The molecule has 1 heterocycles. The second kappa shape index (κ2) is 3.22. The molecule has 70 valence electrons. The predicted octanol–water partition coefficient (Wildman–Crippen LogP) is 2.29. The van der Waals surface area contributed by atoms with Crippen LogP contribution < -0.4 is 0 Å². The Kier molecular flexibility index (Phi) is 2.39. The van der Waals surface area contributed by atoms with Gasteiger partial charge in [0, 0.05) is 0 Å². The van der Waals surface area contributed by atoms with Crippen LogP contribution in [0.1, 0.15) is 32.6 Å². The zero-order valence-electron chi connectivity index (χ0n) is 7.75. The summed E-state index contributed by atoms with van der Waals surface area (Å²) in [6.07, 6.45) is 4.80. The second-order valence-corrected chi connectivity index (χ2v) is 5.69. The van der Waals surface area contributed by atoms with Gasteiger partial charge >= 0.3 is 0 Å². The van der Waals surface area contributed by atoms with Crippen LogP contribution in [0.3, 0.4) is 0 Å². The van der Waals surface area contributed by atoms with Crippen LogP contribution in [0.2, 0.25) is 0 Å². The number of thioether (sulfide) groups is 1. The first-order chi connectivity index (χ1) is 5.71. The van der Waals surface area contributed by atoms with Crippen LogP contribution >= 0.6 is 11.8 Å². The fourth-order valence-electron chi connectivity index (χ4n) is 2.21. The number of hydrogen-bond donors (Lipinski definition) is 1. The van der Waals surface area contributed by atoms with E-state index in [0.717, 1.165) is 18.8 Å². The average molecular weight is 186 g/mol. The van der Waals surface area contributed by atoms with Gasteiger partial charge in [-0.3, -0.25) is 0 Å². The van der Waals surface area contributed by atoms with Crippen LogP contribution in [0.15, 0.2) is 0 Å². The Bertz CT molecular complexity index is 165. The Morgan fingerprint density at radius 2 is 2.00 bits per heavy atom. The molecule has 1 N–H and O–H groups in total. The van der Waals surface area contributed by atoms with Crippen molar-refractivity contribution in [2.75, 3.05) is 11.5 Å². The fourth-order valence-corrected chi connectivity index (χ4v) is 3.41. The van der Waals surface area contributed by atoms with Crippen molar-refractivity contribution in [2.45, 2.75) is 38.2 Å². The van der Waals surface area contributed by atoms with Gasteiger partial charge in [0.1, 0.15) is 0 Å². The summed E-state index contributed by atoms with van der Waals surface area (Å²) in [7, 11) is 0. The van der Waals surface area contributed by atoms with Crippen molar-refractivity contribution in [2.24, 2.45) is 11.8 Å². The van der Waals surface area contributed by atoms with Gasteiger partial charge in [0.05, 0.1) is 5.60 Å². The van der Waals surface area contributed by atoms with Gasteiger partial charge in [0.25, 0.3) is 0 Å². The molecule has 1 nitrogen and oxygen atoms in total. The highest BCUT2D eigenvalue weighted by Gasteiger charge is 2.50. The van der Waals surface area contributed by atoms with Gasteiger partial charge in [-0.15, -0.1) is 0 Å². The van der Waals surface area contributed by atoms with Crippen LogP contribution in [0.4, 0.5) is 0 Å². The number of aliphatic hydroxyl groups is 1. The minimum atomic E-state index is -0.243. The Balaban J connectivity index is 1.78. The van der Waals surface area contributed by atoms with Crippen molar-refractivity contribution < 1.29 is 5.11 Å². The molecule has 1 aliphatic carbocycles. The third-order valence-electron chi connectivity index (χ3n) is 3.40. The topological polar surface area (TPSA) is 20.2 Å². The summed E-state index contributed by atoms with van der Waals surface area (Å²) in [5.41, 5.74) is -0.243. The van der Waals surface area contributed by atoms with Crippen LogP contribution in [0.5, 0.6) is 0 Å². The van der Waals surface area contributed by atoms with E-state index < -0.39 is 0 Å². The third-order valence-corrected chi connectivity index (χ3v) is 4.45. The molecule has 0 amide bonds. The van der Waals surface area contributed by atoms with Gasteiger partial charge in [-0.1, -0.05) is 6.92 Å². The fraction of sp³-hybridized carbons (Fsp3) is 1.00. The summed E-state index contributed by atoms with van der Waals surface area (Å²) in [5.74, 6) is 4.03. The lowest BCUT2D eigenvalue weighted by Gasteiger charge is -2.23. The average Bonchev–Trinajstić information content (AvgIpc) is 2.61. The first-order valence-corrected chi connectivity index (χ1v) is 6.16. The smallest absolute Gasteiger partial charge is 0.0680 e. The summed E-state index contributed by atoms with van der Waals surface area (Å²) in [6, 6.07) is 0. The zero-order chi connectivity index (χ0) is 8.60. The van der Waals surface area contributed by atoms with Gasteiger partial charge in [-0.05, 0) is 49.0 Å². The molecule has 0 aromatic carbocycles. The molecule has 2 unspecified atom stereocenters. The van der Waals surface area contributed by atoms with Crippen molar-refractivity contribution >= 4 is 11.8 Å². The number of hydrogen-bond acceptors (Lipinski definition) is 2. The highest BCUT2D eigenvalue weighted by atomic mass is 32.2. The SMILES string of the molecule is CC1CC1(O)CC1CCSCC1. The first kappa shape index (κ1) is 8.89. The van der Waals surface area contributed by atoms with E-state index >= 15 is 0 Å². The molecular formula is C10H18OS. The molecule has 1 aliphatic heterocycles. The molecule has 1 saturated carbocycles. The second-order valence-electron chi connectivity index (χ2n) is 4.47. The monoisotopic (exact) mass is 186 g/mol. The molecule has 0 aromatic heterocycles. The Labute approximate surface area is 78.9 Å². The molecule has 2 rings (SSSR count). The highest BCUT2D eigenvalue weighted by Crippen LogP contribution is 2.48. The van der Waals surface area contributed by atoms with Crippen LogP contribution in [0.25, 0.3) is 0 Å². The van der Waals surface area contributed by atoms with Gasteiger partial charge in [0.15, 0.2) is 0 Å². The molecule has 12 heavy (non-hydrogen) atoms. The highest BCUT2D eigenvalue weighted by molar-refractivity contribution is 7.99. The number of rotatable bonds is 2. The summed E-state index contributed by atoms with van der Waals surface area (Å²) >= 11 is 2.06. The molecule has 2 atom stereocenters. The van der Waals surface area contributed by atoms with Gasteiger partial charge in [-0.25, -0.2) is 0 Å². The van der Waals surface area contributed by atoms with Crippen molar-refractivity contribution in [1.82, 2.24) is 0 Å². The molecule has 2 fully saturated rings. The molecule has 1 saturated heterocycles. The molecule has 2 aliphatic rings. The van der Waals surface area contributed by atoms with Crippen LogP contribution in [-0.4, -0.2) is 22.2 Å². The van der Waals surface area contributed by atoms with Crippen LogP contribution in [-0.2, 0) is 0 Å². The molecule has 0 bridgehead atoms. The quantitative estimate of drug-likeness (QED) is 0.714. The third kappa shape index (κ3) is 1.80. The maximum Gasteiger partial charge on any atom is 0.0680 e. The van der Waals surface area contributed by atoms with E-state index in [9.17, 15) is 5.11 Å². The van der Waals surface area contributed by atoms with E-state index in [1.54, 1.807) is 0 Å². The molecule has 0 spiro atoms. The molecular weight excluding hydrogens is 168 g/mol. The van der Waals surface area contributed by atoms with E-state index in [4.69, 9.17) is 0 Å². The normalized spacial score (nSPS) is 43.0. The van der Waals surface area contributed by atoms with Gasteiger partial charge in [0.2, 0.25) is 0 Å². The predicted molar refractivity (Wildman–Crippen MR) is 53.4 cm³/mol. The minimum absolute atomic E-state index is 0.243. The maximum absolute atomic E-state index is 9.94. The van der Waals surface area contributed by atoms with E-state index in [0.29, 0.717) is 5.92 Å². The molecule has 2 heteroatoms. The Morgan fingerprint density at radius 1 is 1.42 bits per heavy atom. The lowest BCUT2D eigenvalue weighted by molar-refractivity contribution is 0.101. The van der Waals surface area contributed by atoms with Gasteiger partial charge < -0.3 is 5.11 Å². The molecule has 0 aromatic rings. The minimum Gasteiger partial charge on any atom is -0.390 e. The Hall–Kier alpha value is 0.310. The maximum atomic E-state index is 9.94. The summed E-state index contributed by atoms with van der Waals surface area (Å²) in [6.45, 7) is 2.16. The summed E-state index contributed by atoms with van der Waals surface area (Å²) < 4.78 is 0. The molecule has 0 radical (unpaired) electrons. The van der Waals surface area contributed by atoms with Crippen molar-refractivity contribution in [3.8, 4) is 0 Å². The van der Waals surface area contributed by atoms with E-state index in [1.807, 2.05) is 0 Å². The van der Waals surface area contributed by atoms with Crippen LogP contribution in [0, 0.1) is 11.8 Å². The first-order valence-electron chi connectivity index (χ1n) is 5.01. The van der Waals surface area contributed by atoms with Crippen molar-refractivity contribution in [1.29, 1.82) is 0 Å². The lowest BCUT2D eigenvalue weighted by Crippen LogP contribution is -2.20. The Morgan fingerprint density at radius 3 is 2.50 bits per heavy atom. The van der Waals surface area contributed by atoms with Gasteiger partial charge in [-0.2, -0.15) is 11.8 Å². The lowest BCUT2D eigenvalue weighted by atomic mass is 9.93. The van der Waals surface area contributed by atoms with E-state index in [1.165, 1.54) is 24.3 Å². The van der Waals surface area contributed by atoms with E-state index in [2.05, 4.69) is 18.7 Å².